The lowest BCUT2D eigenvalue weighted by Gasteiger charge is -2.40. The molecule has 41 heavy (non-hydrogen) atoms. The molecule has 2 aliphatic rings. The van der Waals surface area contributed by atoms with E-state index < -0.39 is 16.5 Å². The highest BCUT2D eigenvalue weighted by atomic mass is 35.5. The van der Waals surface area contributed by atoms with Crippen molar-refractivity contribution in [2.45, 2.75) is 19.5 Å². The zero-order valence-electron chi connectivity index (χ0n) is 22.9. The number of amides is 1. The van der Waals surface area contributed by atoms with Crippen molar-refractivity contribution in [3.63, 3.8) is 0 Å². The van der Waals surface area contributed by atoms with E-state index >= 15 is 0 Å². The van der Waals surface area contributed by atoms with Crippen LogP contribution in [0.25, 0.3) is 16.3 Å². The number of halogens is 1. The fourth-order valence-corrected chi connectivity index (χ4v) is 7.18. The molecule has 0 atom stereocenters. The van der Waals surface area contributed by atoms with E-state index in [1.165, 1.54) is 0 Å². The predicted molar refractivity (Wildman–Crippen MR) is 164 cm³/mol. The number of hydrogen-bond acceptors (Lipinski definition) is 7. The highest BCUT2D eigenvalue weighted by Gasteiger charge is 2.24. The highest BCUT2D eigenvalue weighted by molar-refractivity contribution is 8.24. The van der Waals surface area contributed by atoms with E-state index in [1.807, 2.05) is 28.8 Å². The van der Waals surface area contributed by atoms with Crippen molar-refractivity contribution in [3.05, 3.63) is 86.3 Å². The third kappa shape index (κ3) is 6.39. The van der Waals surface area contributed by atoms with Gasteiger partial charge in [0.25, 0.3) is 5.91 Å². The Morgan fingerprint density at radius 3 is 2.39 bits per heavy atom. The molecule has 2 aromatic heterocycles. The standard InChI is InChI=1S/C30H35ClN4O5S/c31-24-3-1-21(2-4-24)17-32-30(37)27-20-35-19-23(5-6-33-9-13-41(38,39)14-10-33)25-15-22(16-26(28(25)35)29(27)36)18-34-7-11-40-12-8-34/h1-4,15-16,19-20,38-39H,5-14,17-18H2,(H,32,37). The molecule has 4 heterocycles. The van der Waals surface area contributed by atoms with Crippen LogP contribution in [0.5, 0.6) is 0 Å². The van der Waals surface area contributed by atoms with Gasteiger partial charge in [0.1, 0.15) is 5.56 Å². The number of aromatic nitrogens is 1. The molecule has 0 unspecified atom stereocenters. The van der Waals surface area contributed by atoms with E-state index in [-0.39, 0.29) is 17.5 Å². The topological polar surface area (TPSA) is 107 Å². The van der Waals surface area contributed by atoms with E-state index in [0.29, 0.717) is 54.8 Å². The van der Waals surface area contributed by atoms with Crippen LogP contribution in [-0.2, 0) is 24.2 Å². The van der Waals surface area contributed by atoms with E-state index in [9.17, 15) is 18.7 Å². The second-order valence-corrected chi connectivity index (χ2v) is 13.8. The van der Waals surface area contributed by atoms with Crippen molar-refractivity contribution in [2.24, 2.45) is 0 Å². The van der Waals surface area contributed by atoms with Gasteiger partial charge in [0.2, 0.25) is 5.43 Å². The van der Waals surface area contributed by atoms with Crippen LogP contribution in [0.1, 0.15) is 27.0 Å². The van der Waals surface area contributed by atoms with Gasteiger partial charge in [-0.15, -0.1) is 0 Å². The van der Waals surface area contributed by atoms with Gasteiger partial charge in [-0.2, -0.15) is 10.6 Å². The van der Waals surface area contributed by atoms with Gasteiger partial charge in [0.05, 0.1) is 30.2 Å². The lowest BCUT2D eigenvalue weighted by Crippen LogP contribution is -2.39. The lowest BCUT2D eigenvalue weighted by molar-refractivity contribution is 0.0342. The molecule has 3 N–H and O–H groups in total. The van der Waals surface area contributed by atoms with Crippen LogP contribution in [0.15, 0.2) is 53.6 Å². The number of carbonyl (C=O) groups is 1. The van der Waals surface area contributed by atoms with Gasteiger partial charge in [-0.25, -0.2) is 0 Å². The average molecular weight is 599 g/mol. The molecule has 0 aliphatic carbocycles. The van der Waals surface area contributed by atoms with Crippen molar-refractivity contribution in [3.8, 4) is 0 Å². The molecule has 2 aromatic carbocycles. The van der Waals surface area contributed by atoms with Crippen LogP contribution >= 0.6 is 22.2 Å². The van der Waals surface area contributed by atoms with Gasteiger partial charge < -0.3 is 14.5 Å². The Hall–Kier alpha value is -2.70. The summed E-state index contributed by atoms with van der Waals surface area (Å²) in [6, 6.07) is 11.4. The maximum atomic E-state index is 13.8. The summed E-state index contributed by atoms with van der Waals surface area (Å²) in [4.78, 5) is 31.6. The van der Waals surface area contributed by atoms with Crippen molar-refractivity contribution in [1.82, 2.24) is 19.5 Å². The van der Waals surface area contributed by atoms with Crippen LogP contribution in [-0.4, -0.2) is 86.7 Å². The Morgan fingerprint density at radius 2 is 1.66 bits per heavy atom. The molecular weight excluding hydrogens is 564 g/mol. The van der Waals surface area contributed by atoms with E-state index in [1.54, 1.807) is 18.3 Å². The zero-order valence-corrected chi connectivity index (χ0v) is 24.4. The smallest absolute Gasteiger partial charge is 0.257 e. The number of hydrogen-bond donors (Lipinski definition) is 3. The monoisotopic (exact) mass is 598 g/mol. The molecular formula is C30H35ClN4O5S. The molecule has 2 saturated heterocycles. The number of benzene rings is 2. The minimum atomic E-state index is -2.44. The summed E-state index contributed by atoms with van der Waals surface area (Å²) in [5.41, 5.74) is 3.71. The summed E-state index contributed by atoms with van der Waals surface area (Å²) in [5.74, 6) is 0.410. The third-order valence-corrected chi connectivity index (χ3v) is 10.0. The number of nitrogens with one attached hydrogen (secondary N) is 1. The van der Waals surface area contributed by atoms with Gasteiger partial charge in [-0.3, -0.25) is 28.5 Å². The molecule has 0 spiro atoms. The molecule has 2 aliphatic heterocycles. The van der Waals surface area contributed by atoms with E-state index in [2.05, 4.69) is 21.2 Å². The number of pyridine rings is 1. The predicted octanol–water partition coefficient (Wildman–Crippen LogP) is 3.91. The zero-order chi connectivity index (χ0) is 28.6. The van der Waals surface area contributed by atoms with Crippen LogP contribution in [0.4, 0.5) is 0 Å². The summed E-state index contributed by atoms with van der Waals surface area (Å²) in [7, 11) is -2.44. The Labute approximate surface area is 245 Å². The number of rotatable bonds is 8. The van der Waals surface area contributed by atoms with Gasteiger partial charge in [-0.1, -0.05) is 23.7 Å². The summed E-state index contributed by atoms with van der Waals surface area (Å²) < 4.78 is 27.4. The quantitative estimate of drug-likeness (QED) is 0.282. The Kier molecular flexibility index (Phi) is 8.24. The minimum absolute atomic E-state index is 0.111. The number of ether oxygens (including phenoxy) is 1. The molecule has 0 bridgehead atoms. The number of morpholine rings is 1. The Balaban J connectivity index is 1.32. The highest BCUT2D eigenvalue weighted by Crippen LogP contribution is 2.40. The molecule has 11 heteroatoms. The second-order valence-electron chi connectivity index (χ2n) is 11.0. The molecule has 218 valence electrons. The summed E-state index contributed by atoms with van der Waals surface area (Å²) in [6.45, 7) is 6.14. The summed E-state index contributed by atoms with van der Waals surface area (Å²) >= 11 is 5.98. The average Bonchev–Trinajstić information content (AvgIpc) is 3.32. The normalized spacial score (nSPS) is 19.1. The number of nitrogens with zero attached hydrogens (tertiary/aromatic N) is 3. The van der Waals surface area contributed by atoms with Gasteiger partial charge in [0, 0.05) is 74.0 Å². The first-order valence-corrected chi connectivity index (χ1v) is 16.2. The first-order chi connectivity index (χ1) is 19.8. The number of carbonyl (C=O) groups excluding carboxylic acids is 1. The third-order valence-electron chi connectivity index (χ3n) is 8.11. The summed E-state index contributed by atoms with van der Waals surface area (Å²) in [6.07, 6.45) is 4.43. The summed E-state index contributed by atoms with van der Waals surface area (Å²) in [5, 5.41) is 5.08. The van der Waals surface area contributed by atoms with Crippen molar-refractivity contribution in [1.29, 1.82) is 0 Å². The molecule has 0 saturated carbocycles. The lowest BCUT2D eigenvalue weighted by atomic mass is 10.0. The molecule has 2 fully saturated rings. The molecule has 4 aromatic rings. The van der Waals surface area contributed by atoms with Crippen molar-refractivity contribution >= 4 is 44.4 Å². The molecule has 9 nitrogen and oxygen atoms in total. The van der Waals surface area contributed by atoms with Gasteiger partial charge in [-0.05, 0) is 47.4 Å². The molecule has 0 radical (unpaired) electrons. The van der Waals surface area contributed by atoms with Crippen molar-refractivity contribution in [2.75, 3.05) is 57.4 Å². The second kappa shape index (κ2) is 11.9. The van der Waals surface area contributed by atoms with Crippen molar-refractivity contribution < 1.29 is 18.6 Å². The largest absolute Gasteiger partial charge is 0.379 e. The first-order valence-electron chi connectivity index (χ1n) is 14.0. The van der Waals surface area contributed by atoms with Gasteiger partial charge >= 0.3 is 0 Å². The fraction of sp³-hybridized carbons (Fsp3) is 0.400. The maximum Gasteiger partial charge on any atom is 0.257 e. The van der Waals surface area contributed by atoms with Crippen LogP contribution < -0.4 is 10.7 Å². The molecule has 6 rings (SSSR count). The maximum absolute atomic E-state index is 13.8. The van der Waals surface area contributed by atoms with Crippen LogP contribution in [0.3, 0.4) is 0 Å². The van der Waals surface area contributed by atoms with Crippen LogP contribution in [0, 0.1) is 0 Å². The molecule has 1 amide bonds. The first kappa shape index (κ1) is 28.4. The fourth-order valence-electron chi connectivity index (χ4n) is 5.75. The van der Waals surface area contributed by atoms with Gasteiger partial charge in [0.15, 0.2) is 0 Å². The Bertz CT molecular complexity index is 1590. The van der Waals surface area contributed by atoms with E-state index in [0.717, 1.165) is 53.6 Å². The Morgan fingerprint density at radius 1 is 0.951 bits per heavy atom. The SMILES string of the molecule is O=C(NCc1ccc(Cl)cc1)c1cn2cc(CCN3CCS(O)(O)CC3)c3cc(CN4CCOCC4)cc(c1=O)c32. The van der Waals surface area contributed by atoms with E-state index in [4.69, 9.17) is 16.3 Å². The minimum Gasteiger partial charge on any atom is -0.379 e. The van der Waals surface area contributed by atoms with Crippen LogP contribution in [0.2, 0.25) is 5.02 Å².